The summed E-state index contributed by atoms with van der Waals surface area (Å²) in [6.07, 6.45) is 0.0946. The van der Waals surface area contributed by atoms with Crippen LogP contribution >= 0.6 is 0 Å². The molecule has 0 spiro atoms. The number of halogens is 3. The number of aromatic nitrogens is 3. The zero-order valence-electron chi connectivity index (χ0n) is 14.4. The van der Waals surface area contributed by atoms with Gasteiger partial charge >= 0.3 is 18.1 Å². The number of carboxylic acid groups (broad SMARTS) is 1. The Morgan fingerprint density at radius 1 is 1.33 bits per heavy atom. The van der Waals surface area contributed by atoms with Crippen LogP contribution in [-0.4, -0.2) is 40.0 Å². The zero-order chi connectivity index (χ0) is 20.6. The Hall–Kier alpha value is -3.24. The number of ether oxygens (including phenoxy) is 1. The highest BCUT2D eigenvalue weighted by Crippen LogP contribution is 2.15. The number of aryl methyl sites for hydroxylation is 2. The quantitative estimate of drug-likeness (QED) is 0.618. The standard InChI is InChI=1S/C13H13N3O3.C3H3F3O2/c1-15-6-2-3-11(13(15)19)10-4-7-16(14-9-10)8-5-12(17)18;1-8-2(7)3(4,5)6/h2-4,6-7,9H,5,8H2,1H3;1H3/p+1. The molecule has 0 bridgehead atoms. The number of esters is 1. The van der Waals surface area contributed by atoms with E-state index in [1.165, 1.54) is 9.25 Å². The Balaban J connectivity index is 0.000000387. The topological polar surface area (TPSA) is 102 Å². The number of carbonyl (C=O) groups is 2. The maximum atomic E-state index is 11.9. The van der Waals surface area contributed by atoms with Gasteiger partial charge in [0, 0.05) is 30.4 Å². The Bertz CT molecular complexity index is 848. The van der Waals surface area contributed by atoms with Crippen LogP contribution in [0.1, 0.15) is 6.42 Å². The highest BCUT2D eigenvalue weighted by molar-refractivity contribution is 5.75. The van der Waals surface area contributed by atoms with Gasteiger partial charge < -0.3 is 14.4 Å². The minimum absolute atomic E-state index is 0.0180. The van der Waals surface area contributed by atoms with Gasteiger partial charge in [-0.05, 0) is 17.2 Å². The molecular weight excluding hydrogens is 371 g/mol. The van der Waals surface area contributed by atoms with Crippen molar-refractivity contribution in [3.63, 3.8) is 0 Å². The molecule has 1 N–H and O–H groups in total. The number of aliphatic carboxylic acids is 1. The molecule has 27 heavy (non-hydrogen) atoms. The van der Waals surface area contributed by atoms with E-state index in [4.69, 9.17) is 5.11 Å². The van der Waals surface area contributed by atoms with Crippen LogP contribution in [0.4, 0.5) is 13.2 Å². The molecule has 0 aliphatic heterocycles. The second-order valence-electron chi connectivity index (χ2n) is 5.15. The summed E-state index contributed by atoms with van der Waals surface area (Å²) in [5.41, 5.74) is 1.20. The van der Waals surface area contributed by atoms with Crippen molar-refractivity contribution in [1.82, 2.24) is 9.67 Å². The molecule has 0 aliphatic rings. The van der Waals surface area contributed by atoms with E-state index < -0.39 is 18.1 Å². The van der Waals surface area contributed by atoms with E-state index in [-0.39, 0.29) is 12.0 Å². The Kier molecular flexibility index (Phi) is 7.64. The number of alkyl halides is 3. The van der Waals surface area contributed by atoms with Crippen molar-refractivity contribution in [3.8, 4) is 11.1 Å². The third-order valence-electron chi connectivity index (χ3n) is 3.18. The Morgan fingerprint density at radius 3 is 2.44 bits per heavy atom. The lowest BCUT2D eigenvalue weighted by Crippen LogP contribution is -2.38. The minimum Gasteiger partial charge on any atom is -0.481 e. The van der Waals surface area contributed by atoms with E-state index in [0.29, 0.717) is 24.8 Å². The summed E-state index contributed by atoms with van der Waals surface area (Å²) in [7, 11) is 2.37. The second kappa shape index (κ2) is 9.46. The monoisotopic (exact) mass is 388 g/mol. The number of hydrogen-bond acceptors (Lipinski definition) is 5. The molecule has 2 aromatic rings. The van der Waals surface area contributed by atoms with Gasteiger partial charge in [-0.25, -0.2) is 4.79 Å². The Labute approximate surface area is 151 Å². The maximum absolute atomic E-state index is 11.9. The van der Waals surface area contributed by atoms with Gasteiger partial charge in [-0.1, -0.05) is 4.68 Å². The molecule has 2 rings (SSSR count). The molecule has 2 aromatic heterocycles. The van der Waals surface area contributed by atoms with E-state index in [9.17, 15) is 27.6 Å². The van der Waals surface area contributed by atoms with E-state index in [2.05, 4.69) is 9.84 Å². The molecule has 0 unspecified atom stereocenters. The molecule has 0 amide bonds. The fourth-order valence-electron chi connectivity index (χ4n) is 1.82. The molecule has 0 fully saturated rings. The predicted molar refractivity (Wildman–Crippen MR) is 85.4 cm³/mol. The molecule has 0 atom stereocenters. The molecule has 146 valence electrons. The number of methoxy groups -OCH3 is 1. The number of nitrogens with zero attached hydrogens (tertiary/aromatic N) is 3. The molecular formula is C16H17F3N3O5+. The zero-order valence-corrected chi connectivity index (χ0v) is 14.4. The average Bonchev–Trinajstić information content (AvgIpc) is 2.62. The van der Waals surface area contributed by atoms with Crippen molar-refractivity contribution in [2.24, 2.45) is 7.05 Å². The largest absolute Gasteiger partial charge is 0.490 e. The first-order chi connectivity index (χ1) is 12.6. The maximum Gasteiger partial charge on any atom is 0.490 e. The second-order valence-corrected chi connectivity index (χ2v) is 5.15. The summed E-state index contributed by atoms with van der Waals surface area (Å²) in [5.74, 6) is -3.03. The number of carbonyl (C=O) groups excluding carboxylic acids is 1. The van der Waals surface area contributed by atoms with Gasteiger partial charge in [-0.15, -0.1) is 0 Å². The van der Waals surface area contributed by atoms with Crippen molar-refractivity contribution >= 4 is 11.9 Å². The van der Waals surface area contributed by atoms with Gasteiger partial charge in [-0.3, -0.25) is 9.59 Å². The van der Waals surface area contributed by atoms with Crippen molar-refractivity contribution in [3.05, 3.63) is 47.1 Å². The third-order valence-corrected chi connectivity index (χ3v) is 3.18. The van der Waals surface area contributed by atoms with Gasteiger partial charge in [0.15, 0.2) is 12.7 Å². The predicted octanol–water partition coefficient (Wildman–Crippen LogP) is 0.931. The Morgan fingerprint density at radius 2 is 2.00 bits per heavy atom. The normalized spacial score (nSPS) is 10.6. The van der Waals surface area contributed by atoms with Crippen LogP contribution in [0.15, 0.2) is 41.6 Å². The van der Waals surface area contributed by atoms with Crippen LogP contribution in [0.2, 0.25) is 0 Å². The first-order valence-electron chi connectivity index (χ1n) is 7.45. The van der Waals surface area contributed by atoms with Gasteiger partial charge in [0.25, 0.3) is 5.56 Å². The van der Waals surface area contributed by atoms with Crippen molar-refractivity contribution in [1.29, 1.82) is 0 Å². The fourth-order valence-corrected chi connectivity index (χ4v) is 1.82. The van der Waals surface area contributed by atoms with Crippen LogP contribution < -0.4 is 10.2 Å². The molecule has 0 saturated carbocycles. The van der Waals surface area contributed by atoms with Gasteiger partial charge in [0.2, 0.25) is 0 Å². The molecule has 0 aromatic carbocycles. The summed E-state index contributed by atoms with van der Waals surface area (Å²) < 4.78 is 39.3. The first-order valence-corrected chi connectivity index (χ1v) is 7.45. The minimum atomic E-state index is -4.85. The van der Waals surface area contributed by atoms with Crippen LogP contribution in [-0.2, 0) is 27.9 Å². The van der Waals surface area contributed by atoms with Gasteiger partial charge in [-0.2, -0.15) is 13.2 Å². The SMILES string of the molecule is COC(=O)C(F)(F)F.Cn1cccc(-c2cc[n+](CCC(=O)O)nc2)c1=O. The first kappa shape index (κ1) is 21.8. The summed E-state index contributed by atoms with van der Waals surface area (Å²) in [5, 5.41) is 12.7. The van der Waals surface area contributed by atoms with Crippen LogP contribution in [0.3, 0.4) is 0 Å². The fraction of sp³-hybridized carbons (Fsp3) is 0.312. The smallest absolute Gasteiger partial charge is 0.481 e. The number of carboxylic acids is 1. The highest BCUT2D eigenvalue weighted by atomic mass is 19.4. The van der Waals surface area contributed by atoms with Crippen LogP contribution in [0, 0.1) is 0 Å². The molecule has 0 radical (unpaired) electrons. The lowest BCUT2D eigenvalue weighted by atomic mass is 10.1. The lowest BCUT2D eigenvalue weighted by Gasteiger charge is -2.01. The van der Waals surface area contributed by atoms with Crippen molar-refractivity contribution in [2.75, 3.05) is 7.11 Å². The number of rotatable bonds is 4. The summed E-state index contributed by atoms with van der Waals surface area (Å²) >= 11 is 0. The molecule has 11 heteroatoms. The molecule has 0 aliphatic carbocycles. The number of pyridine rings is 1. The van der Waals surface area contributed by atoms with E-state index in [1.807, 2.05) is 0 Å². The van der Waals surface area contributed by atoms with Gasteiger partial charge in [0.05, 0.1) is 7.11 Å². The molecule has 8 nitrogen and oxygen atoms in total. The molecule has 2 heterocycles. The van der Waals surface area contributed by atoms with Gasteiger partial charge in [0.1, 0.15) is 12.6 Å². The summed E-state index contributed by atoms with van der Waals surface area (Å²) in [6.45, 7) is 0.308. The summed E-state index contributed by atoms with van der Waals surface area (Å²) in [4.78, 5) is 31.9. The van der Waals surface area contributed by atoms with E-state index >= 15 is 0 Å². The summed E-state index contributed by atoms with van der Waals surface area (Å²) in [6, 6.07) is 5.29. The number of hydrogen-bond donors (Lipinski definition) is 1. The van der Waals surface area contributed by atoms with Crippen molar-refractivity contribution in [2.45, 2.75) is 19.1 Å². The highest BCUT2D eigenvalue weighted by Gasteiger charge is 2.40. The van der Waals surface area contributed by atoms with E-state index in [0.717, 1.165) is 0 Å². The average molecular weight is 388 g/mol. The lowest BCUT2D eigenvalue weighted by molar-refractivity contribution is -0.752. The van der Waals surface area contributed by atoms with Crippen molar-refractivity contribution < 1.29 is 37.3 Å². The van der Waals surface area contributed by atoms with Crippen LogP contribution in [0.25, 0.3) is 11.1 Å². The van der Waals surface area contributed by atoms with Crippen LogP contribution in [0.5, 0.6) is 0 Å². The molecule has 0 saturated heterocycles. The van der Waals surface area contributed by atoms with E-state index in [1.54, 1.807) is 43.8 Å². The third kappa shape index (κ3) is 6.88.